The van der Waals surface area contributed by atoms with Crippen molar-refractivity contribution in [3.8, 4) is 5.69 Å². The molecule has 5 heteroatoms. The number of nitrogens with zero attached hydrogens (tertiary/aromatic N) is 3. The van der Waals surface area contributed by atoms with Gasteiger partial charge in [-0.3, -0.25) is 9.97 Å². The van der Waals surface area contributed by atoms with E-state index < -0.39 is 0 Å². The lowest BCUT2D eigenvalue weighted by Gasteiger charge is -2.06. The van der Waals surface area contributed by atoms with E-state index in [1.165, 1.54) is 25.5 Å². The monoisotopic (exact) mass is 616 g/mol. The normalized spacial score (nSPS) is 10.7. The van der Waals surface area contributed by atoms with E-state index in [9.17, 15) is 0 Å². The van der Waals surface area contributed by atoms with Gasteiger partial charge in [-0.1, -0.05) is 72.8 Å². The van der Waals surface area contributed by atoms with Gasteiger partial charge in [0, 0.05) is 37.9 Å². The van der Waals surface area contributed by atoms with Gasteiger partial charge in [0.25, 0.3) is 0 Å². The third kappa shape index (κ3) is 5.26. The van der Waals surface area contributed by atoms with Crippen LogP contribution in [0.3, 0.4) is 0 Å². The molecule has 0 unspecified atom stereocenters. The van der Waals surface area contributed by atoms with E-state index in [1.54, 1.807) is 0 Å². The number of aromatic amines is 1. The number of hydrogen-bond donors (Lipinski definition) is 1. The SMILES string of the molecule is Ic1ccccc1.c1ccc(-n2c3ccccc3c3ncccc32)cc1.c1ccc2c(c1)[nH]c1cccnc12. The Morgan fingerprint density at radius 1 is 0.487 bits per heavy atom. The zero-order chi connectivity index (χ0) is 26.4. The number of nitrogens with one attached hydrogen (secondary N) is 1. The van der Waals surface area contributed by atoms with Gasteiger partial charge in [-0.2, -0.15) is 0 Å². The molecule has 39 heavy (non-hydrogen) atoms. The molecule has 188 valence electrons. The van der Waals surface area contributed by atoms with Gasteiger partial charge in [0.15, 0.2) is 0 Å². The Morgan fingerprint density at radius 2 is 1.05 bits per heavy atom. The minimum absolute atomic E-state index is 1.05. The number of aromatic nitrogens is 4. The average molecular weight is 617 g/mol. The lowest BCUT2D eigenvalue weighted by molar-refractivity contribution is 1.18. The highest BCUT2D eigenvalue weighted by molar-refractivity contribution is 14.1. The molecule has 8 rings (SSSR count). The summed E-state index contributed by atoms with van der Waals surface area (Å²) in [7, 11) is 0. The van der Waals surface area contributed by atoms with E-state index in [0.717, 1.165) is 27.6 Å². The first-order chi connectivity index (χ1) is 19.3. The van der Waals surface area contributed by atoms with Gasteiger partial charge in [-0.15, -0.1) is 0 Å². The van der Waals surface area contributed by atoms with Crippen molar-refractivity contribution >= 4 is 66.5 Å². The fraction of sp³-hybridized carbons (Fsp3) is 0. The molecule has 0 saturated carbocycles. The maximum atomic E-state index is 4.53. The predicted octanol–water partition coefficient (Wildman–Crippen LogP) is 9.19. The minimum atomic E-state index is 1.05. The van der Waals surface area contributed by atoms with Crippen molar-refractivity contribution in [3.63, 3.8) is 0 Å². The number of para-hydroxylation sites is 3. The standard InChI is InChI=1S/C17H12N2.C11H8N2.C6H5I/c1-2-7-13(8-3-1)19-15-10-5-4-9-14(15)17-16(19)11-6-12-18-17;1-2-5-9-8(4-1)11-10(13-9)6-3-7-12-11;7-6-4-2-1-3-5-6/h1-12H;1-7,13H;1-5H. The number of halogens is 1. The number of rotatable bonds is 1. The molecule has 0 fully saturated rings. The summed E-state index contributed by atoms with van der Waals surface area (Å²) in [6, 6.07) is 45.3. The lowest BCUT2D eigenvalue weighted by atomic mass is 10.2. The zero-order valence-corrected chi connectivity index (χ0v) is 23.2. The van der Waals surface area contributed by atoms with E-state index >= 15 is 0 Å². The van der Waals surface area contributed by atoms with Crippen LogP contribution in [0.5, 0.6) is 0 Å². The van der Waals surface area contributed by atoms with Crippen LogP contribution in [0.1, 0.15) is 0 Å². The van der Waals surface area contributed by atoms with Crippen molar-refractivity contribution in [2.75, 3.05) is 0 Å². The second-order valence-electron chi connectivity index (χ2n) is 8.92. The Kier molecular flexibility index (Phi) is 7.32. The highest BCUT2D eigenvalue weighted by Crippen LogP contribution is 2.30. The zero-order valence-electron chi connectivity index (χ0n) is 21.1. The first-order valence-electron chi connectivity index (χ1n) is 12.7. The Balaban J connectivity index is 0.000000119. The smallest absolute Gasteiger partial charge is 0.0963 e. The molecule has 0 atom stereocenters. The summed E-state index contributed by atoms with van der Waals surface area (Å²) in [4.78, 5) is 12.2. The van der Waals surface area contributed by atoms with E-state index in [-0.39, 0.29) is 0 Å². The number of benzene rings is 4. The van der Waals surface area contributed by atoms with Crippen molar-refractivity contribution in [1.29, 1.82) is 0 Å². The van der Waals surface area contributed by atoms with Crippen LogP contribution >= 0.6 is 22.6 Å². The topological polar surface area (TPSA) is 46.5 Å². The molecule has 0 aliphatic rings. The molecule has 0 radical (unpaired) electrons. The summed E-state index contributed by atoms with van der Waals surface area (Å²) >= 11 is 2.28. The summed E-state index contributed by atoms with van der Waals surface area (Å²) in [6.45, 7) is 0. The van der Waals surface area contributed by atoms with Gasteiger partial charge in [0.1, 0.15) is 0 Å². The lowest BCUT2D eigenvalue weighted by Crippen LogP contribution is -1.92. The first kappa shape index (κ1) is 24.8. The molecule has 0 aliphatic carbocycles. The molecule has 0 amide bonds. The molecular weight excluding hydrogens is 591 g/mol. The average Bonchev–Trinajstić information content (AvgIpc) is 3.55. The van der Waals surface area contributed by atoms with Crippen LogP contribution in [0.2, 0.25) is 0 Å². The van der Waals surface area contributed by atoms with Crippen LogP contribution in [0.4, 0.5) is 0 Å². The van der Waals surface area contributed by atoms with Crippen molar-refractivity contribution in [2.45, 2.75) is 0 Å². The molecule has 4 aromatic heterocycles. The van der Waals surface area contributed by atoms with Gasteiger partial charge >= 0.3 is 0 Å². The fourth-order valence-electron chi connectivity index (χ4n) is 4.72. The first-order valence-corrected chi connectivity index (χ1v) is 13.8. The van der Waals surface area contributed by atoms with Crippen LogP contribution in [0.25, 0.3) is 49.6 Å². The Labute approximate surface area is 240 Å². The Bertz CT molecular complexity index is 1870. The molecule has 4 nitrogen and oxygen atoms in total. The summed E-state index contributed by atoms with van der Waals surface area (Å²) in [5.74, 6) is 0. The molecule has 4 aromatic carbocycles. The van der Waals surface area contributed by atoms with Crippen LogP contribution in [0, 0.1) is 3.57 Å². The van der Waals surface area contributed by atoms with Crippen LogP contribution in [0.15, 0.2) is 146 Å². The largest absolute Gasteiger partial charge is 0.353 e. The third-order valence-corrected chi connectivity index (χ3v) is 7.15. The van der Waals surface area contributed by atoms with Crippen LogP contribution < -0.4 is 0 Å². The quantitative estimate of drug-likeness (QED) is 0.187. The van der Waals surface area contributed by atoms with E-state index in [1.807, 2.05) is 67.0 Å². The third-order valence-electron chi connectivity index (χ3n) is 6.43. The summed E-state index contributed by atoms with van der Waals surface area (Å²) < 4.78 is 3.55. The van der Waals surface area contributed by atoms with Gasteiger partial charge in [-0.05, 0) is 83.3 Å². The highest BCUT2D eigenvalue weighted by Gasteiger charge is 2.11. The second kappa shape index (κ2) is 11.5. The van der Waals surface area contributed by atoms with Gasteiger partial charge in [-0.25, -0.2) is 0 Å². The summed E-state index contributed by atoms with van der Waals surface area (Å²) in [6.07, 6.45) is 3.67. The molecule has 0 bridgehead atoms. The van der Waals surface area contributed by atoms with Gasteiger partial charge in [0.2, 0.25) is 0 Å². The van der Waals surface area contributed by atoms with E-state index in [4.69, 9.17) is 0 Å². The van der Waals surface area contributed by atoms with Gasteiger partial charge in [0.05, 0.1) is 27.6 Å². The van der Waals surface area contributed by atoms with Crippen molar-refractivity contribution in [1.82, 2.24) is 19.5 Å². The maximum Gasteiger partial charge on any atom is 0.0963 e. The van der Waals surface area contributed by atoms with Crippen molar-refractivity contribution < 1.29 is 0 Å². The molecule has 0 spiro atoms. The number of H-pyrrole nitrogens is 1. The van der Waals surface area contributed by atoms with Gasteiger partial charge < -0.3 is 9.55 Å². The molecule has 4 heterocycles. The minimum Gasteiger partial charge on any atom is -0.353 e. The molecule has 0 saturated heterocycles. The highest BCUT2D eigenvalue weighted by atomic mass is 127. The molecular formula is C34H25IN4. The molecule has 0 aliphatic heterocycles. The predicted molar refractivity (Wildman–Crippen MR) is 171 cm³/mol. The number of hydrogen-bond acceptors (Lipinski definition) is 2. The molecule has 8 aromatic rings. The number of pyridine rings is 2. The van der Waals surface area contributed by atoms with Crippen LogP contribution in [-0.4, -0.2) is 19.5 Å². The summed E-state index contributed by atoms with van der Waals surface area (Å²) in [5.41, 5.74) is 7.87. The Morgan fingerprint density at radius 3 is 1.79 bits per heavy atom. The maximum absolute atomic E-state index is 4.53. The summed E-state index contributed by atoms with van der Waals surface area (Å²) in [5, 5.41) is 2.39. The molecule has 1 N–H and O–H groups in total. The van der Waals surface area contributed by atoms with Crippen molar-refractivity contribution in [3.05, 3.63) is 149 Å². The number of fused-ring (bicyclic) bond motifs is 6. The van der Waals surface area contributed by atoms with E-state index in [2.05, 4.69) is 121 Å². The van der Waals surface area contributed by atoms with Crippen molar-refractivity contribution in [2.24, 2.45) is 0 Å². The second-order valence-corrected chi connectivity index (χ2v) is 10.2. The fourth-order valence-corrected chi connectivity index (χ4v) is 5.13. The Hall–Kier alpha value is -4.49. The van der Waals surface area contributed by atoms with E-state index in [0.29, 0.717) is 0 Å². The van der Waals surface area contributed by atoms with Crippen LogP contribution in [-0.2, 0) is 0 Å².